The van der Waals surface area contributed by atoms with E-state index in [0.29, 0.717) is 54.2 Å². The maximum absolute atomic E-state index is 15.8. The number of halogens is 2. The Morgan fingerprint density at radius 3 is 2.42 bits per heavy atom. The number of likely N-dealkylation sites (N-methyl/N-ethyl adjacent to an activating group) is 1. The van der Waals surface area contributed by atoms with Gasteiger partial charge in [-0.1, -0.05) is 31.4 Å². The van der Waals surface area contributed by atoms with Gasteiger partial charge in [0.05, 0.1) is 43.5 Å². The molecular formula is C36H39FIN5O7S2. The van der Waals surface area contributed by atoms with Gasteiger partial charge in [0, 0.05) is 23.0 Å². The van der Waals surface area contributed by atoms with E-state index in [4.69, 9.17) is 9.47 Å². The molecule has 276 valence electrons. The fraction of sp³-hybridized carbons (Fsp3) is 0.361. The molecule has 0 saturated carbocycles. The molecule has 1 N–H and O–H groups in total. The number of nitrogens with zero attached hydrogens (tertiary/aromatic N) is 4. The van der Waals surface area contributed by atoms with Gasteiger partial charge in [0.15, 0.2) is 11.4 Å². The average Bonchev–Trinajstić information content (AvgIpc) is 3.64. The number of piperazine rings is 1. The predicted octanol–water partition coefficient (Wildman–Crippen LogP) is 0.419. The van der Waals surface area contributed by atoms with Crippen molar-refractivity contribution in [2.45, 2.75) is 31.3 Å². The second-order valence-electron chi connectivity index (χ2n) is 12.6. The quantitative estimate of drug-likeness (QED) is 0.0908. The standard InChI is InChI=1S/C36H38FN5O7S2.HI/c1-5-14-48-35(46)24-20-39(7-3)26-19-27(25(37)18-23(26)32(24)44)40-10-12-42(4,13-11-40)28-21-51-34-30(38-29(43)17-22-9-8-16-50-22)33(45)41(34)31(28)36(47)49-15-6-2;/h5-6,8-9,16,18-20,30,34H,1-2,7,10-15,17,21H2,3-4H3;1H. The maximum atomic E-state index is 15.8. The third-order valence-corrected chi connectivity index (χ3v) is 11.6. The van der Waals surface area contributed by atoms with E-state index in [1.807, 2.05) is 36.4 Å². The molecule has 3 aromatic rings. The highest BCUT2D eigenvalue weighted by Gasteiger charge is 2.57. The first-order valence-electron chi connectivity index (χ1n) is 16.5. The molecule has 0 radical (unpaired) electrons. The summed E-state index contributed by atoms with van der Waals surface area (Å²) in [7, 11) is 1.98. The van der Waals surface area contributed by atoms with Crippen LogP contribution in [0.25, 0.3) is 10.9 Å². The van der Waals surface area contributed by atoms with E-state index in [9.17, 15) is 24.0 Å². The Balaban J connectivity index is 0.00000523. The number of hydrogen-bond acceptors (Lipinski definition) is 10. The van der Waals surface area contributed by atoms with E-state index in [1.54, 1.807) is 10.6 Å². The molecule has 2 amide bonds. The molecule has 12 nitrogen and oxygen atoms in total. The van der Waals surface area contributed by atoms with Gasteiger partial charge >= 0.3 is 11.9 Å². The van der Waals surface area contributed by atoms with Gasteiger partial charge < -0.3 is 48.2 Å². The van der Waals surface area contributed by atoms with E-state index >= 15 is 4.39 Å². The number of β-lactam (4-membered cyclic amide) rings is 1. The molecule has 16 heteroatoms. The summed E-state index contributed by atoms with van der Waals surface area (Å²) in [5.41, 5.74) is 0.903. The number of amides is 2. The van der Waals surface area contributed by atoms with Crippen LogP contribution < -0.4 is 39.6 Å². The molecule has 3 aliphatic rings. The number of hydrogen-bond donors (Lipinski definition) is 1. The number of carbonyl (C=O) groups is 4. The molecule has 3 aliphatic heterocycles. The molecule has 6 rings (SSSR count). The molecule has 2 saturated heterocycles. The number of anilines is 1. The maximum Gasteiger partial charge on any atom is 0.361 e. The van der Waals surface area contributed by atoms with E-state index in [2.05, 4.69) is 18.5 Å². The summed E-state index contributed by atoms with van der Waals surface area (Å²) in [6, 6.07) is 5.77. The van der Waals surface area contributed by atoms with E-state index in [0.717, 1.165) is 10.6 Å². The van der Waals surface area contributed by atoms with Crippen LogP contribution in [0.15, 0.2) is 77.3 Å². The third kappa shape index (κ3) is 7.43. The zero-order chi connectivity index (χ0) is 36.4. The number of benzene rings is 1. The van der Waals surface area contributed by atoms with Crippen LogP contribution in [-0.2, 0) is 36.8 Å². The third-order valence-electron chi connectivity index (χ3n) is 9.47. The van der Waals surface area contributed by atoms with Crippen LogP contribution in [0.4, 0.5) is 10.1 Å². The summed E-state index contributed by atoms with van der Waals surface area (Å²) in [6.07, 6.45) is 4.46. The van der Waals surface area contributed by atoms with Gasteiger partial charge in [-0.15, -0.1) is 23.1 Å². The highest BCUT2D eigenvalue weighted by molar-refractivity contribution is 8.00. The first-order chi connectivity index (χ1) is 24.5. The Morgan fingerprint density at radius 2 is 1.79 bits per heavy atom. The SMILES string of the molecule is C=CCOC(=O)C1=C([N+]2(C)CCN(c3cc4c(cc3F)c(=O)c(C(=O)OCC=C)cn4CC)CC2)CSC2C(NC(=O)Cc3cccs3)C(=O)N12.[I-]. The largest absolute Gasteiger partial charge is 1.00 e. The fourth-order valence-corrected chi connectivity index (χ4v) is 8.90. The van der Waals surface area contributed by atoms with Gasteiger partial charge in [0.2, 0.25) is 11.3 Å². The monoisotopic (exact) mass is 863 g/mol. The zero-order valence-corrected chi connectivity index (χ0v) is 32.6. The lowest BCUT2D eigenvalue weighted by molar-refractivity contribution is -0.873. The average molecular weight is 864 g/mol. The minimum absolute atomic E-state index is 0. The van der Waals surface area contributed by atoms with Gasteiger partial charge in [-0.25, -0.2) is 14.0 Å². The van der Waals surface area contributed by atoms with E-state index in [-0.39, 0.29) is 72.1 Å². The molecule has 2 atom stereocenters. The summed E-state index contributed by atoms with van der Waals surface area (Å²) in [6.45, 7) is 11.1. The van der Waals surface area contributed by atoms with Crippen molar-refractivity contribution >= 4 is 63.4 Å². The molecular weight excluding hydrogens is 824 g/mol. The van der Waals surface area contributed by atoms with E-state index < -0.39 is 34.6 Å². The molecule has 0 aliphatic carbocycles. The number of pyridine rings is 1. The molecule has 5 heterocycles. The van der Waals surface area contributed by atoms with Crippen molar-refractivity contribution in [3.63, 3.8) is 0 Å². The predicted molar refractivity (Wildman–Crippen MR) is 194 cm³/mol. The van der Waals surface area contributed by atoms with Crippen LogP contribution in [-0.4, -0.2) is 101 Å². The number of ether oxygens (including phenoxy) is 2. The zero-order valence-electron chi connectivity index (χ0n) is 28.8. The second-order valence-corrected chi connectivity index (χ2v) is 14.7. The van der Waals surface area contributed by atoms with Gasteiger partial charge in [0.1, 0.15) is 49.1 Å². The minimum Gasteiger partial charge on any atom is -1.00 e. The Morgan fingerprint density at radius 1 is 1.10 bits per heavy atom. The summed E-state index contributed by atoms with van der Waals surface area (Å²) in [5, 5.41) is 4.35. The normalized spacial score (nSPS) is 19.2. The van der Waals surface area contributed by atoms with Gasteiger partial charge in [-0.3, -0.25) is 23.8 Å². The van der Waals surface area contributed by atoms with Crippen LogP contribution >= 0.6 is 23.1 Å². The first kappa shape index (κ1) is 39.2. The lowest BCUT2D eigenvalue weighted by Crippen LogP contribution is -3.00. The molecule has 0 bridgehead atoms. The Bertz CT molecular complexity index is 2010. The highest BCUT2D eigenvalue weighted by atomic mass is 127. The van der Waals surface area contributed by atoms with Crippen LogP contribution in [0.1, 0.15) is 22.2 Å². The molecule has 2 aromatic heterocycles. The fourth-order valence-electron chi connectivity index (χ4n) is 6.68. The van der Waals surface area contributed by atoms with Crippen molar-refractivity contribution in [2.75, 3.05) is 57.1 Å². The van der Waals surface area contributed by atoms with E-state index in [1.165, 1.54) is 52.4 Å². The summed E-state index contributed by atoms with van der Waals surface area (Å²) >= 11 is 2.95. The Kier molecular flexibility index (Phi) is 12.3. The summed E-state index contributed by atoms with van der Waals surface area (Å²) < 4.78 is 28.4. The Hall–Kier alpha value is -4.00. The van der Waals surface area contributed by atoms with Crippen LogP contribution in [0.5, 0.6) is 0 Å². The van der Waals surface area contributed by atoms with Crippen molar-refractivity contribution in [1.29, 1.82) is 0 Å². The molecule has 0 spiro atoms. The molecule has 2 unspecified atom stereocenters. The van der Waals surface area contributed by atoms with Crippen molar-refractivity contribution < 1.29 is 61.5 Å². The molecule has 1 aromatic carbocycles. The number of thioether (sulfide) groups is 1. The van der Waals surface area contributed by atoms with Crippen molar-refractivity contribution in [3.05, 3.63) is 99.0 Å². The number of nitrogens with one attached hydrogen (secondary N) is 1. The minimum atomic E-state index is -0.801. The Labute approximate surface area is 325 Å². The highest BCUT2D eigenvalue weighted by Crippen LogP contribution is 2.43. The lowest BCUT2D eigenvalue weighted by Gasteiger charge is -2.52. The number of esters is 2. The van der Waals surface area contributed by atoms with Crippen molar-refractivity contribution in [1.82, 2.24) is 14.8 Å². The number of carbonyl (C=O) groups excluding carboxylic acids is 4. The smallest absolute Gasteiger partial charge is 0.361 e. The second kappa shape index (κ2) is 16.3. The first-order valence-corrected chi connectivity index (χ1v) is 18.5. The number of rotatable bonds is 12. The van der Waals surface area contributed by atoms with Crippen molar-refractivity contribution in [2.24, 2.45) is 0 Å². The van der Waals surface area contributed by atoms with Gasteiger partial charge in [0.25, 0.3) is 5.91 Å². The summed E-state index contributed by atoms with van der Waals surface area (Å²) in [5.74, 6) is -2.26. The lowest BCUT2D eigenvalue weighted by atomic mass is 10.0. The topological polar surface area (TPSA) is 127 Å². The number of fused-ring (bicyclic) bond motifs is 2. The summed E-state index contributed by atoms with van der Waals surface area (Å²) in [4.78, 5) is 69.9. The van der Waals surface area contributed by atoms with Crippen LogP contribution in [0.3, 0.4) is 0 Å². The number of quaternary nitrogens is 1. The number of aryl methyl sites for hydroxylation is 1. The van der Waals surface area contributed by atoms with Crippen LogP contribution in [0, 0.1) is 5.82 Å². The number of aromatic nitrogens is 1. The van der Waals surface area contributed by atoms with Gasteiger partial charge in [-0.05, 0) is 30.5 Å². The van der Waals surface area contributed by atoms with Gasteiger partial charge in [-0.2, -0.15) is 0 Å². The molecule has 2 fully saturated rings. The van der Waals surface area contributed by atoms with Crippen molar-refractivity contribution in [3.8, 4) is 0 Å². The number of thiophene rings is 1. The van der Waals surface area contributed by atoms with Crippen LogP contribution in [0.2, 0.25) is 0 Å². The molecule has 52 heavy (non-hydrogen) atoms.